The molecule has 0 atom stereocenters. The minimum Gasteiger partial charge on any atom is -0.383 e. The molecule has 4 aromatic rings. The minimum atomic E-state index is 0.0234. The molecule has 5 rings (SSSR count). The van der Waals surface area contributed by atoms with Crippen LogP contribution in [0.3, 0.4) is 0 Å². The lowest BCUT2D eigenvalue weighted by Gasteiger charge is -2.32. The highest BCUT2D eigenvalue weighted by Crippen LogP contribution is 2.33. The molecule has 1 saturated heterocycles. The second-order valence-electron chi connectivity index (χ2n) is 9.72. The molecule has 0 aliphatic carbocycles. The number of imidazole rings is 1. The smallest absolute Gasteiger partial charge is 0.326 e. The van der Waals surface area contributed by atoms with Crippen molar-refractivity contribution in [2.24, 2.45) is 0 Å². The Morgan fingerprint density at radius 3 is 2.41 bits per heavy atom. The Hall–Kier alpha value is -4.15. The Balaban J connectivity index is 1.31. The third kappa shape index (κ3) is 4.93. The summed E-state index contributed by atoms with van der Waals surface area (Å²) in [5.74, 6) is 0.243. The van der Waals surface area contributed by atoms with Gasteiger partial charge in [0.2, 0.25) is 0 Å². The molecule has 0 saturated carbocycles. The van der Waals surface area contributed by atoms with Gasteiger partial charge in [0.15, 0.2) is 0 Å². The molecule has 3 N–H and O–H groups in total. The van der Waals surface area contributed by atoms with E-state index in [9.17, 15) is 10.1 Å². The number of nitrogen functional groups attached to an aromatic ring is 1. The summed E-state index contributed by atoms with van der Waals surface area (Å²) in [5, 5.41) is 9.47. The number of nitrogens with two attached hydrogens (primary N) is 1. The number of rotatable bonds is 6. The molecule has 7 nitrogen and oxygen atoms in total. The van der Waals surface area contributed by atoms with Crippen molar-refractivity contribution in [2.75, 3.05) is 18.8 Å². The van der Waals surface area contributed by atoms with Crippen molar-refractivity contribution in [2.45, 2.75) is 45.7 Å². The van der Waals surface area contributed by atoms with E-state index in [-0.39, 0.29) is 17.5 Å². The molecule has 3 heterocycles. The van der Waals surface area contributed by atoms with Crippen LogP contribution in [-0.2, 0) is 13.0 Å². The van der Waals surface area contributed by atoms with E-state index in [2.05, 4.69) is 52.1 Å². The van der Waals surface area contributed by atoms with Gasteiger partial charge in [-0.05, 0) is 43.4 Å². The molecule has 2 aromatic heterocycles. The molecule has 1 aliphatic heterocycles. The average Bonchev–Trinajstić information content (AvgIpc) is 3.22. The van der Waals surface area contributed by atoms with Crippen LogP contribution in [0.4, 0.5) is 5.82 Å². The van der Waals surface area contributed by atoms with E-state index in [1.165, 1.54) is 5.56 Å². The standard InChI is InChI=1S/C30H32N6O/c1-3-27-20(2)36(30(37)33-27)25-13-15-35(16-14-25)19-21-9-11-23(12-10-21)28-26(22-7-5-4-6-8-22)17-24(18-31)29(32)34-28/h4-12,17,25H,3,13-16,19H2,1-2H3,(H2,32,34)(H,33,37). The summed E-state index contributed by atoms with van der Waals surface area (Å²) in [7, 11) is 0. The van der Waals surface area contributed by atoms with Gasteiger partial charge in [0, 0.05) is 48.2 Å². The molecule has 1 aliphatic rings. The van der Waals surface area contributed by atoms with Crippen molar-refractivity contribution in [1.29, 1.82) is 5.26 Å². The first kappa shape index (κ1) is 24.5. The Labute approximate surface area is 217 Å². The number of hydrogen-bond acceptors (Lipinski definition) is 5. The van der Waals surface area contributed by atoms with Gasteiger partial charge in [0.1, 0.15) is 11.9 Å². The first-order valence-corrected chi connectivity index (χ1v) is 12.9. The maximum atomic E-state index is 12.5. The summed E-state index contributed by atoms with van der Waals surface area (Å²) in [6.45, 7) is 6.89. The van der Waals surface area contributed by atoms with Gasteiger partial charge in [-0.3, -0.25) is 9.47 Å². The lowest BCUT2D eigenvalue weighted by molar-refractivity contribution is 0.177. The van der Waals surface area contributed by atoms with Gasteiger partial charge in [-0.2, -0.15) is 5.26 Å². The Bertz CT molecular complexity index is 1490. The minimum absolute atomic E-state index is 0.0234. The van der Waals surface area contributed by atoms with Crippen LogP contribution >= 0.6 is 0 Å². The van der Waals surface area contributed by atoms with Crippen LogP contribution in [0.15, 0.2) is 65.5 Å². The fraction of sp³-hybridized carbons (Fsp3) is 0.300. The number of H-pyrrole nitrogens is 1. The molecular weight excluding hydrogens is 460 g/mol. The van der Waals surface area contributed by atoms with Crippen molar-refractivity contribution in [3.8, 4) is 28.5 Å². The first-order valence-electron chi connectivity index (χ1n) is 12.9. The van der Waals surface area contributed by atoms with Crippen LogP contribution < -0.4 is 11.4 Å². The SMILES string of the molecule is CCc1[nH]c(=O)n(C2CCN(Cc3ccc(-c4nc(N)c(C#N)cc4-c4ccccc4)cc3)CC2)c1C. The molecule has 37 heavy (non-hydrogen) atoms. The molecular formula is C30H32N6O. The summed E-state index contributed by atoms with van der Waals surface area (Å²) in [6, 6.07) is 22.6. The number of nitriles is 1. The number of anilines is 1. The van der Waals surface area contributed by atoms with E-state index < -0.39 is 0 Å². The summed E-state index contributed by atoms with van der Waals surface area (Å²) >= 11 is 0. The number of likely N-dealkylation sites (tertiary alicyclic amines) is 1. The van der Waals surface area contributed by atoms with Crippen molar-refractivity contribution in [3.63, 3.8) is 0 Å². The third-order valence-corrected chi connectivity index (χ3v) is 7.44. The Morgan fingerprint density at radius 2 is 1.78 bits per heavy atom. The molecule has 0 bridgehead atoms. The third-order valence-electron chi connectivity index (χ3n) is 7.44. The molecule has 7 heteroatoms. The molecule has 0 unspecified atom stereocenters. The summed E-state index contributed by atoms with van der Waals surface area (Å²) in [4.78, 5) is 22.6. The second-order valence-corrected chi connectivity index (χ2v) is 9.72. The van der Waals surface area contributed by atoms with Crippen LogP contribution in [0, 0.1) is 18.3 Å². The number of nitrogens with zero attached hydrogens (tertiary/aromatic N) is 4. The molecule has 0 spiro atoms. The highest BCUT2D eigenvalue weighted by molar-refractivity contribution is 5.83. The van der Waals surface area contributed by atoms with Crippen LogP contribution in [0.1, 0.15) is 48.3 Å². The van der Waals surface area contributed by atoms with Crippen LogP contribution in [0.2, 0.25) is 0 Å². The van der Waals surface area contributed by atoms with Crippen molar-refractivity contribution >= 4 is 5.82 Å². The van der Waals surface area contributed by atoms with Gasteiger partial charge >= 0.3 is 5.69 Å². The Morgan fingerprint density at radius 1 is 1.08 bits per heavy atom. The highest BCUT2D eigenvalue weighted by atomic mass is 16.1. The maximum absolute atomic E-state index is 12.5. The number of nitrogens with one attached hydrogen (secondary N) is 1. The Kier molecular flexibility index (Phi) is 6.93. The van der Waals surface area contributed by atoms with Gasteiger partial charge in [0.25, 0.3) is 0 Å². The number of aromatic nitrogens is 3. The fourth-order valence-corrected chi connectivity index (χ4v) is 5.40. The number of hydrogen-bond donors (Lipinski definition) is 2. The molecule has 188 valence electrons. The van der Waals surface area contributed by atoms with Gasteiger partial charge in [0.05, 0.1) is 11.3 Å². The zero-order valence-electron chi connectivity index (χ0n) is 21.4. The van der Waals surface area contributed by atoms with Crippen LogP contribution in [0.5, 0.6) is 0 Å². The van der Waals surface area contributed by atoms with E-state index in [0.29, 0.717) is 5.56 Å². The van der Waals surface area contributed by atoms with Gasteiger partial charge < -0.3 is 10.7 Å². The monoisotopic (exact) mass is 492 g/mol. The number of benzene rings is 2. The lowest BCUT2D eigenvalue weighted by Crippen LogP contribution is -2.37. The maximum Gasteiger partial charge on any atom is 0.326 e. The highest BCUT2D eigenvalue weighted by Gasteiger charge is 2.24. The van der Waals surface area contributed by atoms with E-state index >= 15 is 0 Å². The molecule has 1 fully saturated rings. The summed E-state index contributed by atoms with van der Waals surface area (Å²) < 4.78 is 1.96. The van der Waals surface area contributed by atoms with Gasteiger partial charge in [-0.25, -0.2) is 9.78 Å². The van der Waals surface area contributed by atoms with Crippen molar-refractivity contribution in [3.05, 3.63) is 93.7 Å². The number of aromatic amines is 1. The van der Waals surface area contributed by atoms with E-state index in [4.69, 9.17) is 5.73 Å². The van der Waals surface area contributed by atoms with Crippen molar-refractivity contribution in [1.82, 2.24) is 19.4 Å². The zero-order chi connectivity index (χ0) is 25.9. The summed E-state index contributed by atoms with van der Waals surface area (Å²) in [5.41, 5.74) is 13.5. The topological polar surface area (TPSA) is 104 Å². The molecule has 0 amide bonds. The van der Waals surface area contributed by atoms with E-state index in [1.807, 2.05) is 47.9 Å². The predicted octanol–water partition coefficient (Wildman–Crippen LogP) is 5.07. The van der Waals surface area contributed by atoms with E-state index in [0.717, 1.165) is 72.7 Å². The normalized spacial score (nSPS) is 14.5. The zero-order valence-corrected chi connectivity index (χ0v) is 21.4. The van der Waals surface area contributed by atoms with Crippen LogP contribution in [0.25, 0.3) is 22.4 Å². The summed E-state index contributed by atoms with van der Waals surface area (Å²) in [6.07, 6.45) is 2.78. The average molecular weight is 493 g/mol. The van der Waals surface area contributed by atoms with Gasteiger partial charge in [-0.15, -0.1) is 0 Å². The van der Waals surface area contributed by atoms with Gasteiger partial charge in [-0.1, -0.05) is 61.5 Å². The van der Waals surface area contributed by atoms with Crippen molar-refractivity contribution < 1.29 is 0 Å². The van der Waals surface area contributed by atoms with Crippen LogP contribution in [-0.4, -0.2) is 32.5 Å². The quantitative estimate of drug-likeness (QED) is 0.391. The molecule has 0 radical (unpaired) electrons. The number of aryl methyl sites for hydroxylation is 1. The largest absolute Gasteiger partial charge is 0.383 e. The predicted molar refractivity (Wildman–Crippen MR) is 147 cm³/mol. The first-order chi connectivity index (χ1) is 18.0. The molecule has 2 aromatic carbocycles. The number of piperidine rings is 1. The fourth-order valence-electron chi connectivity index (χ4n) is 5.40. The second kappa shape index (κ2) is 10.5. The van der Waals surface area contributed by atoms with E-state index in [1.54, 1.807) is 0 Å². The number of pyridine rings is 1. The lowest BCUT2D eigenvalue weighted by atomic mass is 9.97.